The summed E-state index contributed by atoms with van der Waals surface area (Å²) in [5, 5.41) is 5.14. The van der Waals surface area contributed by atoms with Crippen molar-refractivity contribution < 1.29 is 28.7 Å². The fourth-order valence-electron chi connectivity index (χ4n) is 5.06. The minimum atomic E-state index is -0.670. The van der Waals surface area contributed by atoms with Gasteiger partial charge in [0.1, 0.15) is 17.9 Å². The van der Waals surface area contributed by atoms with Crippen LogP contribution in [0.1, 0.15) is 74.4 Å². The number of nitrogens with zero attached hydrogens (tertiary/aromatic N) is 2. The molecule has 2 atom stereocenters. The minimum Gasteiger partial charge on any atom is -0.444 e. The third-order valence-electron chi connectivity index (χ3n) is 7.09. The Kier molecular flexibility index (Phi) is 9.45. The number of nitrogens with one attached hydrogen (secondary N) is 2. The molecule has 0 spiro atoms. The highest BCUT2D eigenvalue weighted by atomic mass is 16.6. The molecule has 3 heterocycles. The molecule has 0 radical (unpaired) electrons. The molecule has 2 fully saturated rings. The van der Waals surface area contributed by atoms with E-state index in [1.165, 1.54) is 4.90 Å². The second-order valence-corrected chi connectivity index (χ2v) is 11.4. The summed E-state index contributed by atoms with van der Waals surface area (Å²) < 4.78 is 11.4. The van der Waals surface area contributed by atoms with Crippen molar-refractivity contribution in [3.8, 4) is 11.8 Å². The topological polar surface area (TPSA) is 143 Å². The maximum absolute atomic E-state index is 13.0. The fraction of sp³-hybridized carbons (Fsp3) is 0.586. The Bertz CT molecular complexity index is 1190. The predicted molar refractivity (Wildman–Crippen MR) is 147 cm³/mol. The highest BCUT2D eigenvalue weighted by molar-refractivity contribution is 6.05. The van der Waals surface area contributed by atoms with Crippen molar-refractivity contribution in [3.05, 3.63) is 34.9 Å². The van der Waals surface area contributed by atoms with Crippen LogP contribution < -0.4 is 16.4 Å². The predicted octanol–water partition coefficient (Wildman–Crippen LogP) is 1.48. The van der Waals surface area contributed by atoms with Crippen LogP contribution in [0.2, 0.25) is 0 Å². The Balaban J connectivity index is 1.35. The number of fused-ring (bicyclic) bond motifs is 1. The molecule has 216 valence electrons. The van der Waals surface area contributed by atoms with Crippen molar-refractivity contribution >= 4 is 23.8 Å². The SMILES string of the molecule is CC(C)(C)OC(=O)N[C@@H](CN1CCC(N)CC1)OCCC#Cc1cccc2c1CN(C1CCC(=O)NC1=O)C2=O. The van der Waals surface area contributed by atoms with E-state index in [0.717, 1.165) is 31.5 Å². The molecule has 1 aromatic carbocycles. The summed E-state index contributed by atoms with van der Waals surface area (Å²) in [6.45, 7) is 8.17. The second kappa shape index (κ2) is 12.8. The third-order valence-corrected chi connectivity index (χ3v) is 7.09. The lowest BCUT2D eigenvalue weighted by Crippen LogP contribution is -2.52. The number of ether oxygens (including phenoxy) is 2. The Hall–Kier alpha value is -3.46. The molecular formula is C29H39N5O6. The summed E-state index contributed by atoms with van der Waals surface area (Å²) in [7, 11) is 0. The molecule has 11 nitrogen and oxygen atoms in total. The first kappa shape index (κ1) is 29.5. The maximum Gasteiger partial charge on any atom is 0.409 e. The molecule has 3 aliphatic heterocycles. The number of amides is 4. The van der Waals surface area contributed by atoms with Crippen LogP contribution in [0.3, 0.4) is 0 Å². The van der Waals surface area contributed by atoms with Crippen LogP contribution in [0, 0.1) is 11.8 Å². The van der Waals surface area contributed by atoms with Crippen molar-refractivity contribution in [1.82, 2.24) is 20.4 Å². The van der Waals surface area contributed by atoms with Crippen LogP contribution in [-0.2, 0) is 25.6 Å². The van der Waals surface area contributed by atoms with Gasteiger partial charge in [-0.15, -0.1) is 0 Å². The first-order valence-corrected chi connectivity index (χ1v) is 13.8. The van der Waals surface area contributed by atoms with E-state index in [-0.39, 0.29) is 37.4 Å². The monoisotopic (exact) mass is 553 g/mol. The number of hydrogen-bond acceptors (Lipinski definition) is 8. The van der Waals surface area contributed by atoms with Gasteiger partial charge in [0.25, 0.3) is 5.91 Å². The van der Waals surface area contributed by atoms with E-state index in [0.29, 0.717) is 30.5 Å². The van der Waals surface area contributed by atoms with Gasteiger partial charge in [-0.3, -0.25) is 29.9 Å². The zero-order valence-electron chi connectivity index (χ0n) is 23.5. The highest BCUT2D eigenvalue weighted by Crippen LogP contribution is 2.29. The van der Waals surface area contributed by atoms with Gasteiger partial charge in [-0.25, -0.2) is 4.79 Å². The molecule has 4 rings (SSSR count). The van der Waals surface area contributed by atoms with Gasteiger partial charge in [0.15, 0.2) is 0 Å². The van der Waals surface area contributed by atoms with Crippen LogP contribution in [0.15, 0.2) is 18.2 Å². The van der Waals surface area contributed by atoms with Crippen molar-refractivity contribution in [3.63, 3.8) is 0 Å². The molecule has 2 saturated heterocycles. The van der Waals surface area contributed by atoms with Crippen molar-refractivity contribution in [2.24, 2.45) is 5.73 Å². The largest absolute Gasteiger partial charge is 0.444 e. The Morgan fingerprint density at radius 2 is 1.95 bits per heavy atom. The van der Waals surface area contributed by atoms with Crippen molar-refractivity contribution in [2.75, 3.05) is 26.2 Å². The van der Waals surface area contributed by atoms with Gasteiger partial charge in [-0.2, -0.15) is 0 Å². The summed E-state index contributed by atoms with van der Waals surface area (Å²) in [6.07, 6.45) is 1.62. The molecule has 1 aromatic rings. The minimum absolute atomic E-state index is 0.204. The second-order valence-electron chi connectivity index (χ2n) is 11.4. The summed E-state index contributed by atoms with van der Waals surface area (Å²) in [6, 6.07) is 4.89. The molecule has 0 bridgehead atoms. The van der Waals surface area contributed by atoms with Gasteiger partial charge < -0.3 is 20.1 Å². The number of alkyl carbamates (subject to hydrolysis) is 1. The molecule has 4 N–H and O–H groups in total. The number of rotatable bonds is 7. The third kappa shape index (κ3) is 7.81. The highest BCUT2D eigenvalue weighted by Gasteiger charge is 2.39. The summed E-state index contributed by atoms with van der Waals surface area (Å²) in [5.41, 5.74) is 7.42. The lowest BCUT2D eigenvalue weighted by Gasteiger charge is -2.33. The number of carbonyl (C=O) groups is 4. The average Bonchev–Trinajstić information content (AvgIpc) is 3.21. The number of nitrogens with two attached hydrogens (primary N) is 1. The Morgan fingerprint density at radius 3 is 2.65 bits per heavy atom. The van der Waals surface area contributed by atoms with Gasteiger partial charge in [0.2, 0.25) is 11.8 Å². The summed E-state index contributed by atoms with van der Waals surface area (Å²) in [4.78, 5) is 53.0. The van der Waals surface area contributed by atoms with E-state index in [9.17, 15) is 19.2 Å². The molecular weight excluding hydrogens is 514 g/mol. The van der Waals surface area contributed by atoms with E-state index >= 15 is 0 Å². The molecule has 0 saturated carbocycles. The normalized spacial score (nSPS) is 20.9. The molecule has 3 aliphatic rings. The van der Waals surface area contributed by atoms with Gasteiger partial charge in [0.05, 0.1) is 6.61 Å². The maximum atomic E-state index is 13.0. The first-order valence-electron chi connectivity index (χ1n) is 13.8. The van der Waals surface area contributed by atoms with Crippen LogP contribution in [0.25, 0.3) is 0 Å². The lowest BCUT2D eigenvalue weighted by molar-refractivity contribution is -0.136. The van der Waals surface area contributed by atoms with E-state index in [1.54, 1.807) is 12.1 Å². The lowest BCUT2D eigenvalue weighted by atomic mass is 10.0. The Labute approximate surface area is 235 Å². The standard InChI is InChI=1S/C29H39N5O6/c1-29(2,3)40-28(38)32-25(18-33-14-12-20(30)13-15-33)39-16-5-4-7-19-8-6-9-21-22(19)17-34(27(21)37)23-10-11-24(35)31-26(23)36/h6,8-9,20,23,25H,5,10-18,30H2,1-3H3,(H,32,38)(H,31,35,36)/t23?,25-/m1/s1. The number of likely N-dealkylation sites (tertiary alicyclic amines) is 1. The van der Waals surface area contributed by atoms with Gasteiger partial charge >= 0.3 is 6.09 Å². The summed E-state index contributed by atoms with van der Waals surface area (Å²) >= 11 is 0. The van der Waals surface area contributed by atoms with Gasteiger partial charge in [0, 0.05) is 43.1 Å². The molecule has 0 aliphatic carbocycles. The van der Waals surface area contributed by atoms with Crippen LogP contribution >= 0.6 is 0 Å². The van der Waals surface area contributed by atoms with Crippen LogP contribution in [-0.4, -0.2) is 83.8 Å². The van der Waals surface area contributed by atoms with E-state index < -0.39 is 29.9 Å². The van der Waals surface area contributed by atoms with E-state index in [1.807, 2.05) is 26.8 Å². The van der Waals surface area contributed by atoms with Crippen LogP contribution in [0.5, 0.6) is 0 Å². The smallest absolute Gasteiger partial charge is 0.409 e. The summed E-state index contributed by atoms with van der Waals surface area (Å²) in [5.74, 6) is 5.26. The number of hydrogen-bond donors (Lipinski definition) is 3. The van der Waals surface area contributed by atoms with Crippen molar-refractivity contribution in [1.29, 1.82) is 0 Å². The zero-order valence-corrected chi connectivity index (χ0v) is 23.5. The molecule has 0 aromatic heterocycles. The van der Waals surface area contributed by atoms with Gasteiger partial charge in [-0.1, -0.05) is 17.9 Å². The molecule has 11 heteroatoms. The van der Waals surface area contributed by atoms with Crippen molar-refractivity contribution in [2.45, 2.75) is 83.3 Å². The van der Waals surface area contributed by atoms with Gasteiger partial charge in [-0.05, 0) is 70.8 Å². The molecule has 40 heavy (non-hydrogen) atoms. The van der Waals surface area contributed by atoms with E-state index in [2.05, 4.69) is 27.4 Å². The zero-order chi connectivity index (χ0) is 28.9. The fourth-order valence-corrected chi connectivity index (χ4v) is 5.06. The molecule has 4 amide bonds. The Morgan fingerprint density at radius 1 is 1.20 bits per heavy atom. The number of imide groups is 1. The average molecular weight is 554 g/mol. The number of carbonyl (C=O) groups excluding carboxylic acids is 4. The quantitative estimate of drug-likeness (QED) is 0.199. The molecule has 1 unspecified atom stereocenters. The first-order chi connectivity index (χ1) is 19.0. The van der Waals surface area contributed by atoms with Crippen LogP contribution in [0.4, 0.5) is 4.79 Å². The number of piperidine rings is 2. The van der Waals surface area contributed by atoms with E-state index in [4.69, 9.17) is 15.2 Å². The number of benzene rings is 1.